The first-order chi connectivity index (χ1) is 10.1. The van der Waals surface area contributed by atoms with E-state index in [1.54, 1.807) is 18.3 Å². The maximum absolute atomic E-state index is 11.0. The number of aliphatic hydroxyl groups is 1. The molecule has 0 atom stereocenters. The first kappa shape index (κ1) is 15.2. The minimum Gasteiger partial charge on any atom is -0.392 e. The molecule has 0 amide bonds. The number of nitro benzene ring substituents is 1. The normalized spacial score (nSPS) is 10.4. The van der Waals surface area contributed by atoms with E-state index in [1.807, 2.05) is 6.07 Å². The number of anilines is 1. The third kappa shape index (κ3) is 4.14. The van der Waals surface area contributed by atoms with Gasteiger partial charge < -0.3 is 10.4 Å². The van der Waals surface area contributed by atoms with Crippen LogP contribution < -0.4 is 5.32 Å². The van der Waals surface area contributed by atoms with Crippen LogP contribution in [0.5, 0.6) is 0 Å². The van der Waals surface area contributed by atoms with Crippen molar-refractivity contribution >= 4 is 23.0 Å². The number of hydrogen-bond donors (Lipinski definition) is 2. The van der Waals surface area contributed by atoms with E-state index >= 15 is 0 Å². The number of nitro groups is 1. The topological polar surface area (TPSA) is 88.3 Å². The number of aromatic nitrogens is 1. The van der Waals surface area contributed by atoms with Crippen LogP contribution in [0.2, 0.25) is 5.15 Å². The molecule has 2 N–H and O–H groups in total. The van der Waals surface area contributed by atoms with Gasteiger partial charge in [0.15, 0.2) is 0 Å². The van der Waals surface area contributed by atoms with Gasteiger partial charge in [0, 0.05) is 18.8 Å². The molecule has 21 heavy (non-hydrogen) atoms. The highest BCUT2D eigenvalue weighted by Crippen LogP contribution is 2.25. The van der Waals surface area contributed by atoms with E-state index in [-0.39, 0.29) is 12.3 Å². The fraction of sp³-hybridized carbons (Fsp3) is 0.214. The van der Waals surface area contributed by atoms with E-state index in [0.29, 0.717) is 29.4 Å². The Balaban J connectivity index is 2.04. The van der Waals surface area contributed by atoms with E-state index in [4.69, 9.17) is 16.7 Å². The van der Waals surface area contributed by atoms with Crippen LogP contribution in [0.25, 0.3) is 0 Å². The van der Waals surface area contributed by atoms with E-state index in [1.165, 1.54) is 12.1 Å². The van der Waals surface area contributed by atoms with Gasteiger partial charge in [-0.2, -0.15) is 0 Å². The lowest BCUT2D eigenvalue weighted by Gasteiger charge is -2.08. The number of hydrogen-bond acceptors (Lipinski definition) is 5. The molecule has 7 heteroatoms. The summed E-state index contributed by atoms with van der Waals surface area (Å²) in [4.78, 5) is 14.5. The lowest BCUT2D eigenvalue weighted by molar-refractivity contribution is -0.384. The summed E-state index contributed by atoms with van der Waals surface area (Å²) < 4.78 is 0. The molecule has 0 saturated carbocycles. The zero-order valence-electron chi connectivity index (χ0n) is 11.1. The molecule has 0 aliphatic rings. The van der Waals surface area contributed by atoms with Gasteiger partial charge in [-0.1, -0.05) is 17.7 Å². The molecule has 0 saturated heterocycles. The summed E-state index contributed by atoms with van der Waals surface area (Å²) in [6, 6.07) is 8.06. The Morgan fingerprint density at radius 2 is 2.05 bits per heavy atom. The summed E-state index contributed by atoms with van der Waals surface area (Å²) in [5, 5.41) is 23.5. The fourth-order valence-corrected chi connectivity index (χ4v) is 1.99. The van der Waals surface area contributed by atoms with Crippen molar-refractivity contribution in [3.63, 3.8) is 0 Å². The standard InChI is InChI=1S/C14H14ClN3O3/c15-14-4-2-10(8-17-14)5-6-16-12-7-11(9-19)1-3-13(12)18(20)21/h1-4,7-8,16,19H,5-6,9H2. The molecular weight excluding hydrogens is 294 g/mol. The van der Waals surface area contributed by atoms with Crippen LogP contribution in [0.3, 0.4) is 0 Å². The van der Waals surface area contributed by atoms with E-state index in [2.05, 4.69) is 10.3 Å². The summed E-state index contributed by atoms with van der Waals surface area (Å²) in [6.07, 6.45) is 2.33. The van der Waals surface area contributed by atoms with Crippen molar-refractivity contribution in [2.24, 2.45) is 0 Å². The number of benzene rings is 1. The third-order valence-electron chi connectivity index (χ3n) is 2.96. The van der Waals surface area contributed by atoms with Gasteiger partial charge in [-0.25, -0.2) is 4.98 Å². The Morgan fingerprint density at radius 1 is 1.29 bits per heavy atom. The van der Waals surface area contributed by atoms with Gasteiger partial charge >= 0.3 is 0 Å². The van der Waals surface area contributed by atoms with Crippen LogP contribution in [0.15, 0.2) is 36.5 Å². The zero-order chi connectivity index (χ0) is 15.2. The molecule has 1 aromatic heterocycles. The van der Waals surface area contributed by atoms with Crippen LogP contribution in [0.1, 0.15) is 11.1 Å². The van der Waals surface area contributed by atoms with Crippen molar-refractivity contribution in [1.82, 2.24) is 4.98 Å². The van der Waals surface area contributed by atoms with Crippen LogP contribution in [0.4, 0.5) is 11.4 Å². The first-order valence-corrected chi connectivity index (χ1v) is 6.70. The average molecular weight is 308 g/mol. The van der Waals surface area contributed by atoms with Gasteiger partial charge in [0.1, 0.15) is 10.8 Å². The number of nitrogens with zero attached hydrogens (tertiary/aromatic N) is 2. The summed E-state index contributed by atoms with van der Waals surface area (Å²) in [7, 11) is 0. The molecule has 1 heterocycles. The molecule has 0 bridgehead atoms. The number of rotatable bonds is 6. The van der Waals surface area contributed by atoms with Crippen molar-refractivity contribution in [2.45, 2.75) is 13.0 Å². The third-order valence-corrected chi connectivity index (χ3v) is 3.18. The van der Waals surface area contributed by atoms with Gasteiger partial charge in [0.25, 0.3) is 5.69 Å². The number of halogens is 1. The second-order valence-electron chi connectivity index (χ2n) is 4.43. The highest BCUT2D eigenvalue weighted by Gasteiger charge is 2.13. The van der Waals surface area contributed by atoms with E-state index in [0.717, 1.165) is 5.56 Å². The molecule has 0 fully saturated rings. The molecule has 0 aliphatic carbocycles. The van der Waals surface area contributed by atoms with Crippen LogP contribution in [0, 0.1) is 10.1 Å². The first-order valence-electron chi connectivity index (χ1n) is 6.32. The number of pyridine rings is 1. The smallest absolute Gasteiger partial charge is 0.292 e. The summed E-state index contributed by atoms with van der Waals surface area (Å²) in [6.45, 7) is 0.354. The SMILES string of the molecule is O=[N+]([O-])c1ccc(CO)cc1NCCc1ccc(Cl)nc1. The lowest BCUT2D eigenvalue weighted by atomic mass is 10.1. The Labute approximate surface area is 126 Å². The largest absolute Gasteiger partial charge is 0.392 e. The van der Waals surface area contributed by atoms with Crippen molar-refractivity contribution in [1.29, 1.82) is 0 Å². The van der Waals surface area contributed by atoms with Gasteiger partial charge in [-0.3, -0.25) is 10.1 Å². The van der Waals surface area contributed by atoms with Crippen LogP contribution >= 0.6 is 11.6 Å². The summed E-state index contributed by atoms with van der Waals surface area (Å²) in [5.74, 6) is 0. The minimum atomic E-state index is -0.451. The molecule has 0 aliphatic heterocycles. The number of nitrogens with one attached hydrogen (secondary N) is 1. The highest BCUT2D eigenvalue weighted by molar-refractivity contribution is 6.29. The van der Waals surface area contributed by atoms with E-state index < -0.39 is 4.92 Å². The summed E-state index contributed by atoms with van der Waals surface area (Å²) >= 11 is 5.71. The van der Waals surface area contributed by atoms with Gasteiger partial charge in [-0.05, 0) is 35.7 Å². The lowest BCUT2D eigenvalue weighted by Crippen LogP contribution is -2.07. The molecule has 1 aromatic carbocycles. The van der Waals surface area contributed by atoms with Crippen molar-refractivity contribution in [2.75, 3.05) is 11.9 Å². The molecule has 110 valence electrons. The second-order valence-corrected chi connectivity index (χ2v) is 4.82. The Morgan fingerprint density at radius 3 is 2.67 bits per heavy atom. The highest BCUT2D eigenvalue weighted by atomic mass is 35.5. The van der Waals surface area contributed by atoms with Crippen LogP contribution in [-0.4, -0.2) is 21.6 Å². The monoisotopic (exact) mass is 307 g/mol. The quantitative estimate of drug-likeness (QED) is 0.486. The Bertz CT molecular complexity index is 632. The predicted octanol–water partition coefficient (Wildman–Crippen LogP) is 2.79. The van der Waals surface area contributed by atoms with Gasteiger partial charge in [0.05, 0.1) is 11.5 Å². The molecule has 2 rings (SSSR count). The average Bonchev–Trinajstić information content (AvgIpc) is 2.49. The molecule has 2 aromatic rings. The maximum Gasteiger partial charge on any atom is 0.292 e. The predicted molar refractivity (Wildman–Crippen MR) is 80.5 cm³/mol. The fourth-order valence-electron chi connectivity index (χ4n) is 1.88. The van der Waals surface area contributed by atoms with Crippen LogP contribution in [-0.2, 0) is 13.0 Å². The molecular formula is C14H14ClN3O3. The Kier molecular flexibility index (Phi) is 5.08. The number of aliphatic hydroxyl groups excluding tert-OH is 1. The van der Waals surface area contributed by atoms with Gasteiger partial charge in [0.2, 0.25) is 0 Å². The molecule has 0 spiro atoms. The maximum atomic E-state index is 11.0. The second kappa shape index (κ2) is 7.01. The van der Waals surface area contributed by atoms with Crippen molar-refractivity contribution < 1.29 is 10.0 Å². The molecule has 6 nitrogen and oxygen atoms in total. The molecule has 0 radical (unpaired) electrons. The Hall–Kier alpha value is -2.18. The molecule has 0 unspecified atom stereocenters. The van der Waals surface area contributed by atoms with Gasteiger partial charge in [-0.15, -0.1) is 0 Å². The van der Waals surface area contributed by atoms with Crippen molar-refractivity contribution in [3.8, 4) is 0 Å². The van der Waals surface area contributed by atoms with E-state index in [9.17, 15) is 10.1 Å². The minimum absolute atomic E-state index is 0.0126. The summed E-state index contributed by atoms with van der Waals surface area (Å²) in [5.41, 5.74) is 1.99. The zero-order valence-corrected chi connectivity index (χ0v) is 11.9. The van der Waals surface area contributed by atoms with Crippen molar-refractivity contribution in [3.05, 3.63) is 62.9 Å².